The first-order valence-corrected chi connectivity index (χ1v) is 9.15. The van der Waals surface area contributed by atoms with Crippen LogP contribution in [0.1, 0.15) is 36.8 Å². The molecule has 5 nitrogen and oxygen atoms in total. The summed E-state index contributed by atoms with van der Waals surface area (Å²) in [6.07, 6.45) is 4.83. The third-order valence-electron chi connectivity index (χ3n) is 5.66. The van der Waals surface area contributed by atoms with E-state index in [4.69, 9.17) is 14.7 Å². The smallest absolute Gasteiger partial charge is 0.135 e. The van der Waals surface area contributed by atoms with Crippen molar-refractivity contribution in [3.8, 4) is 0 Å². The summed E-state index contributed by atoms with van der Waals surface area (Å²) in [5.74, 6) is 2.85. The van der Waals surface area contributed by atoms with Gasteiger partial charge in [0.1, 0.15) is 11.6 Å². The molecule has 2 atom stereocenters. The van der Waals surface area contributed by atoms with Gasteiger partial charge in [0.15, 0.2) is 0 Å². The largest absolute Gasteiger partial charge is 0.379 e. The Balaban J connectivity index is 1.58. The van der Waals surface area contributed by atoms with Crippen molar-refractivity contribution in [2.45, 2.75) is 45.6 Å². The van der Waals surface area contributed by atoms with E-state index in [0.29, 0.717) is 12.0 Å². The van der Waals surface area contributed by atoms with Crippen molar-refractivity contribution in [2.24, 2.45) is 5.92 Å². The first-order chi connectivity index (χ1) is 11.2. The Morgan fingerprint density at radius 2 is 1.83 bits per heavy atom. The number of aromatic nitrogens is 2. The van der Waals surface area contributed by atoms with Crippen LogP contribution in [-0.4, -0.2) is 60.3 Å². The van der Waals surface area contributed by atoms with Crippen LogP contribution in [0.5, 0.6) is 0 Å². The van der Waals surface area contributed by atoms with Crippen molar-refractivity contribution in [1.29, 1.82) is 0 Å². The standard InChI is InChI=1S/C18H28N4O/c1-13-11-22(12-17(13)21-7-9-23-10-8-21)18-15-5-3-4-6-16(15)19-14(2)20-18/h13,17H,3-12H2,1-2H3. The fraction of sp³-hybridized carbons (Fsp3) is 0.778. The molecule has 0 aromatic carbocycles. The molecule has 2 unspecified atom stereocenters. The van der Waals surface area contributed by atoms with E-state index in [1.807, 2.05) is 6.92 Å². The van der Waals surface area contributed by atoms with E-state index in [9.17, 15) is 0 Å². The van der Waals surface area contributed by atoms with Gasteiger partial charge in [0, 0.05) is 43.5 Å². The van der Waals surface area contributed by atoms with Crippen LogP contribution in [0, 0.1) is 12.8 Å². The molecular formula is C18H28N4O. The summed E-state index contributed by atoms with van der Waals surface area (Å²) in [6.45, 7) is 10.6. The van der Waals surface area contributed by atoms with Crippen molar-refractivity contribution in [2.75, 3.05) is 44.3 Å². The van der Waals surface area contributed by atoms with Crippen LogP contribution in [-0.2, 0) is 17.6 Å². The highest BCUT2D eigenvalue weighted by Crippen LogP contribution is 2.32. The summed E-state index contributed by atoms with van der Waals surface area (Å²) in [6, 6.07) is 0.633. The third kappa shape index (κ3) is 2.96. The third-order valence-corrected chi connectivity index (χ3v) is 5.66. The lowest BCUT2D eigenvalue weighted by Crippen LogP contribution is -2.46. The van der Waals surface area contributed by atoms with Gasteiger partial charge in [0.25, 0.3) is 0 Å². The molecule has 0 radical (unpaired) electrons. The lowest BCUT2D eigenvalue weighted by Gasteiger charge is -2.34. The molecule has 3 aliphatic rings. The van der Waals surface area contributed by atoms with Crippen molar-refractivity contribution in [3.05, 3.63) is 17.1 Å². The zero-order valence-corrected chi connectivity index (χ0v) is 14.4. The fourth-order valence-electron chi connectivity index (χ4n) is 4.46. The number of aryl methyl sites for hydroxylation is 2. The summed E-state index contributed by atoms with van der Waals surface area (Å²) in [5, 5.41) is 0. The van der Waals surface area contributed by atoms with Gasteiger partial charge in [-0.25, -0.2) is 9.97 Å². The van der Waals surface area contributed by atoms with E-state index >= 15 is 0 Å². The van der Waals surface area contributed by atoms with Gasteiger partial charge in [0.05, 0.1) is 13.2 Å². The molecule has 23 heavy (non-hydrogen) atoms. The summed E-state index contributed by atoms with van der Waals surface area (Å²) in [5.41, 5.74) is 2.73. The van der Waals surface area contributed by atoms with Gasteiger partial charge < -0.3 is 9.64 Å². The molecule has 3 heterocycles. The van der Waals surface area contributed by atoms with Crippen LogP contribution in [0.2, 0.25) is 0 Å². The maximum atomic E-state index is 5.52. The molecule has 1 aromatic heterocycles. The second-order valence-electron chi connectivity index (χ2n) is 7.32. The Morgan fingerprint density at radius 1 is 1.04 bits per heavy atom. The second kappa shape index (κ2) is 6.36. The lowest BCUT2D eigenvalue weighted by atomic mass is 9.96. The fourth-order valence-corrected chi connectivity index (χ4v) is 4.46. The minimum Gasteiger partial charge on any atom is -0.379 e. The van der Waals surface area contributed by atoms with Crippen molar-refractivity contribution in [3.63, 3.8) is 0 Å². The number of fused-ring (bicyclic) bond motifs is 1. The average Bonchev–Trinajstić information content (AvgIpc) is 2.96. The summed E-state index contributed by atoms with van der Waals surface area (Å²) in [4.78, 5) is 14.7. The molecular weight excluding hydrogens is 288 g/mol. The average molecular weight is 316 g/mol. The van der Waals surface area contributed by atoms with Crippen molar-refractivity contribution >= 4 is 5.82 Å². The highest BCUT2D eigenvalue weighted by molar-refractivity contribution is 5.51. The van der Waals surface area contributed by atoms with Crippen LogP contribution >= 0.6 is 0 Å². The molecule has 0 amide bonds. The molecule has 2 aliphatic heterocycles. The van der Waals surface area contributed by atoms with Gasteiger partial charge in [-0.2, -0.15) is 0 Å². The van der Waals surface area contributed by atoms with E-state index in [2.05, 4.69) is 16.7 Å². The van der Waals surface area contributed by atoms with E-state index in [1.54, 1.807) is 0 Å². The van der Waals surface area contributed by atoms with Crippen LogP contribution in [0.25, 0.3) is 0 Å². The molecule has 0 N–H and O–H groups in total. The van der Waals surface area contributed by atoms with Gasteiger partial charge >= 0.3 is 0 Å². The molecule has 2 fully saturated rings. The topological polar surface area (TPSA) is 41.5 Å². The van der Waals surface area contributed by atoms with Crippen LogP contribution in [0.3, 0.4) is 0 Å². The summed E-state index contributed by atoms with van der Waals surface area (Å²) in [7, 11) is 0. The number of morpholine rings is 1. The van der Waals surface area contributed by atoms with Gasteiger partial charge in [0.2, 0.25) is 0 Å². The minimum atomic E-state index is 0.633. The van der Waals surface area contributed by atoms with Crippen molar-refractivity contribution < 1.29 is 4.74 Å². The molecule has 4 rings (SSSR count). The first-order valence-electron chi connectivity index (χ1n) is 9.15. The molecule has 1 aromatic rings. The maximum absolute atomic E-state index is 5.52. The van der Waals surface area contributed by atoms with E-state index < -0.39 is 0 Å². The van der Waals surface area contributed by atoms with E-state index in [0.717, 1.165) is 58.1 Å². The number of anilines is 1. The molecule has 0 bridgehead atoms. The van der Waals surface area contributed by atoms with Gasteiger partial charge in [-0.05, 0) is 38.5 Å². The maximum Gasteiger partial charge on any atom is 0.135 e. The van der Waals surface area contributed by atoms with Crippen LogP contribution in [0.15, 0.2) is 0 Å². The Kier molecular flexibility index (Phi) is 4.24. The van der Waals surface area contributed by atoms with E-state index in [-0.39, 0.29) is 0 Å². The number of rotatable bonds is 2. The minimum absolute atomic E-state index is 0.633. The normalized spacial score (nSPS) is 28.9. The highest BCUT2D eigenvalue weighted by Gasteiger charge is 2.36. The van der Waals surface area contributed by atoms with Gasteiger partial charge in [-0.3, -0.25) is 4.90 Å². The number of hydrogen-bond donors (Lipinski definition) is 0. The monoisotopic (exact) mass is 316 g/mol. The Morgan fingerprint density at radius 3 is 2.65 bits per heavy atom. The molecule has 1 aliphatic carbocycles. The lowest BCUT2D eigenvalue weighted by molar-refractivity contribution is 0.0134. The SMILES string of the molecule is Cc1nc2c(c(N3CC(C)C(N4CCOCC4)C3)n1)CCCC2. The van der Waals surface area contributed by atoms with Gasteiger partial charge in [-0.15, -0.1) is 0 Å². The second-order valence-corrected chi connectivity index (χ2v) is 7.32. The van der Waals surface area contributed by atoms with Crippen LogP contribution in [0.4, 0.5) is 5.82 Å². The van der Waals surface area contributed by atoms with Crippen LogP contribution < -0.4 is 4.90 Å². The van der Waals surface area contributed by atoms with Crippen molar-refractivity contribution in [1.82, 2.24) is 14.9 Å². The quantitative estimate of drug-likeness (QED) is 0.832. The number of hydrogen-bond acceptors (Lipinski definition) is 5. The molecule has 0 spiro atoms. The molecule has 126 valence electrons. The zero-order valence-electron chi connectivity index (χ0n) is 14.4. The predicted molar refractivity (Wildman–Crippen MR) is 91.0 cm³/mol. The Hall–Kier alpha value is -1.20. The molecule has 5 heteroatoms. The number of nitrogens with zero attached hydrogens (tertiary/aromatic N) is 4. The molecule has 2 saturated heterocycles. The van der Waals surface area contributed by atoms with E-state index in [1.165, 1.54) is 29.9 Å². The Labute approximate surface area is 139 Å². The summed E-state index contributed by atoms with van der Waals surface area (Å²) >= 11 is 0. The Bertz CT molecular complexity index is 570. The zero-order chi connectivity index (χ0) is 15.8. The first kappa shape index (κ1) is 15.3. The molecule has 0 saturated carbocycles. The van der Waals surface area contributed by atoms with Gasteiger partial charge in [-0.1, -0.05) is 6.92 Å². The summed E-state index contributed by atoms with van der Waals surface area (Å²) < 4.78 is 5.52. The highest BCUT2D eigenvalue weighted by atomic mass is 16.5. The predicted octanol–water partition coefficient (Wildman–Crippen LogP) is 1.82. The number of ether oxygens (including phenoxy) is 1.